The van der Waals surface area contributed by atoms with Crippen LogP contribution in [0.25, 0.3) is 11.0 Å². The standard InChI is InChI=1S/C19H18N4OS/c1-12-2-4-13(5-3-12)8-18(24)21-14-6-7-15-16(9-14)23-19(22-15)17-10-25-11-20-17/h2-7,9,11,17H,8,10H2,1H3,(H,21,24)(H,22,23). The van der Waals surface area contributed by atoms with Gasteiger partial charge in [0.2, 0.25) is 5.91 Å². The molecule has 0 fully saturated rings. The maximum atomic E-state index is 12.3. The fourth-order valence-electron chi connectivity index (χ4n) is 2.80. The summed E-state index contributed by atoms with van der Waals surface area (Å²) in [5.41, 5.74) is 6.63. The molecule has 4 rings (SSSR count). The minimum absolute atomic E-state index is 0.0280. The van der Waals surface area contributed by atoms with Gasteiger partial charge in [-0.1, -0.05) is 29.8 Å². The summed E-state index contributed by atoms with van der Waals surface area (Å²) in [7, 11) is 0. The minimum atomic E-state index is -0.0280. The Kier molecular flexibility index (Phi) is 4.28. The lowest BCUT2D eigenvalue weighted by Gasteiger charge is -2.05. The van der Waals surface area contributed by atoms with Gasteiger partial charge in [-0.15, -0.1) is 11.8 Å². The van der Waals surface area contributed by atoms with Crippen LogP contribution in [-0.4, -0.2) is 27.2 Å². The third-order valence-corrected chi connectivity index (χ3v) is 4.93. The second-order valence-electron chi connectivity index (χ2n) is 6.17. The van der Waals surface area contributed by atoms with Crippen molar-refractivity contribution in [1.29, 1.82) is 0 Å². The van der Waals surface area contributed by atoms with E-state index in [0.29, 0.717) is 6.42 Å². The number of H-pyrrole nitrogens is 1. The molecule has 1 aliphatic rings. The topological polar surface area (TPSA) is 70.1 Å². The average molecular weight is 350 g/mol. The van der Waals surface area contributed by atoms with E-state index in [1.165, 1.54) is 5.56 Å². The molecule has 2 aromatic carbocycles. The molecule has 2 heterocycles. The monoisotopic (exact) mass is 350 g/mol. The lowest BCUT2D eigenvalue weighted by Crippen LogP contribution is -2.14. The van der Waals surface area contributed by atoms with Crippen LogP contribution in [0.15, 0.2) is 47.5 Å². The van der Waals surface area contributed by atoms with Crippen molar-refractivity contribution in [2.24, 2.45) is 4.99 Å². The van der Waals surface area contributed by atoms with Crippen LogP contribution in [-0.2, 0) is 11.2 Å². The first-order chi connectivity index (χ1) is 12.2. The first-order valence-electron chi connectivity index (χ1n) is 8.16. The Morgan fingerprint density at radius 3 is 2.88 bits per heavy atom. The highest BCUT2D eigenvalue weighted by molar-refractivity contribution is 8.12. The van der Waals surface area contributed by atoms with Crippen molar-refractivity contribution in [2.45, 2.75) is 19.4 Å². The van der Waals surface area contributed by atoms with E-state index in [2.05, 4.69) is 20.3 Å². The lowest BCUT2D eigenvalue weighted by molar-refractivity contribution is -0.115. The summed E-state index contributed by atoms with van der Waals surface area (Å²) in [5, 5.41) is 2.96. The van der Waals surface area contributed by atoms with Crippen LogP contribution in [0.2, 0.25) is 0 Å². The van der Waals surface area contributed by atoms with E-state index >= 15 is 0 Å². The summed E-state index contributed by atoms with van der Waals surface area (Å²) in [6.07, 6.45) is 0.362. The van der Waals surface area contributed by atoms with Gasteiger partial charge < -0.3 is 10.3 Å². The molecule has 1 unspecified atom stereocenters. The molecule has 0 saturated heterocycles. The number of aryl methyl sites for hydroxylation is 1. The quantitative estimate of drug-likeness (QED) is 0.750. The number of carbonyl (C=O) groups is 1. The number of aromatic amines is 1. The number of hydrogen-bond acceptors (Lipinski definition) is 4. The average Bonchev–Trinajstić information content (AvgIpc) is 3.25. The van der Waals surface area contributed by atoms with Crippen molar-refractivity contribution < 1.29 is 4.79 Å². The fraction of sp³-hybridized carbons (Fsp3) is 0.211. The van der Waals surface area contributed by atoms with Gasteiger partial charge in [0.05, 0.1) is 23.0 Å². The molecular formula is C19H18N4OS. The summed E-state index contributed by atoms with van der Waals surface area (Å²) < 4.78 is 0. The molecule has 3 aromatic rings. The second kappa shape index (κ2) is 6.72. The highest BCUT2D eigenvalue weighted by Crippen LogP contribution is 2.27. The third-order valence-electron chi connectivity index (χ3n) is 4.15. The fourth-order valence-corrected chi connectivity index (χ4v) is 3.55. The predicted molar refractivity (Wildman–Crippen MR) is 103 cm³/mol. The molecule has 0 saturated carbocycles. The molecule has 1 aliphatic heterocycles. The summed E-state index contributed by atoms with van der Waals surface area (Å²) in [5.74, 6) is 1.76. The van der Waals surface area contributed by atoms with Crippen molar-refractivity contribution >= 4 is 39.9 Å². The Balaban J connectivity index is 1.48. The Labute approximate surface area is 150 Å². The third kappa shape index (κ3) is 3.58. The van der Waals surface area contributed by atoms with Crippen LogP contribution < -0.4 is 5.32 Å². The van der Waals surface area contributed by atoms with Crippen LogP contribution in [0.1, 0.15) is 23.0 Å². The number of thioether (sulfide) groups is 1. The Hall–Kier alpha value is -2.60. The Bertz CT molecular complexity index is 946. The van der Waals surface area contributed by atoms with E-state index in [4.69, 9.17) is 0 Å². The molecular weight excluding hydrogens is 332 g/mol. The molecule has 0 bridgehead atoms. The number of imidazole rings is 1. The maximum absolute atomic E-state index is 12.3. The summed E-state index contributed by atoms with van der Waals surface area (Å²) in [4.78, 5) is 24.6. The van der Waals surface area contributed by atoms with Gasteiger partial charge in [-0.25, -0.2) is 4.98 Å². The zero-order valence-electron chi connectivity index (χ0n) is 13.8. The zero-order valence-corrected chi connectivity index (χ0v) is 14.6. The van der Waals surface area contributed by atoms with Gasteiger partial charge in [0.25, 0.3) is 0 Å². The number of aliphatic imine (C=N–C) groups is 1. The largest absolute Gasteiger partial charge is 0.340 e. The highest BCUT2D eigenvalue weighted by atomic mass is 32.2. The number of carbonyl (C=O) groups excluding carboxylic acids is 1. The number of amides is 1. The molecule has 0 radical (unpaired) electrons. The molecule has 2 N–H and O–H groups in total. The summed E-state index contributed by atoms with van der Waals surface area (Å²) in [6, 6.07) is 13.8. The number of nitrogens with zero attached hydrogens (tertiary/aromatic N) is 2. The zero-order chi connectivity index (χ0) is 17.2. The number of aromatic nitrogens is 2. The minimum Gasteiger partial charge on any atom is -0.340 e. The van der Waals surface area contributed by atoms with E-state index in [-0.39, 0.29) is 11.9 Å². The van der Waals surface area contributed by atoms with Crippen LogP contribution >= 0.6 is 11.8 Å². The second-order valence-corrected chi connectivity index (χ2v) is 7.05. The van der Waals surface area contributed by atoms with Crippen molar-refractivity contribution in [3.05, 3.63) is 59.4 Å². The lowest BCUT2D eigenvalue weighted by atomic mass is 10.1. The number of nitrogens with one attached hydrogen (secondary N) is 2. The van der Waals surface area contributed by atoms with Crippen LogP contribution in [0.3, 0.4) is 0 Å². The molecule has 0 spiro atoms. The van der Waals surface area contributed by atoms with Crippen molar-refractivity contribution in [3.63, 3.8) is 0 Å². The summed E-state index contributed by atoms with van der Waals surface area (Å²) >= 11 is 1.69. The number of benzene rings is 2. The van der Waals surface area contributed by atoms with E-state index in [1.807, 2.05) is 54.9 Å². The van der Waals surface area contributed by atoms with Crippen molar-refractivity contribution in [1.82, 2.24) is 9.97 Å². The molecule has 1 amide bonds. The van der Waals surface area contributed by atoms with Gasteiger partial charge in [0.15, 0.2) is 0 Å². The van der Waals surface area contributed by atoms with Crippen LogP contribution in [0.5, 0.6) is 0 Å². The maximum Gasteiger partial charge on any atom is 0.228 e. The number of anilines is 1. The van der Waals surface area contributed by atoms with E-state index < -0.39 is 0 Å². The number of hydrogen-bond donors (Lipinski definition) is 2. The Morgan fingerprint density at radius 1 is 1.28 bits per heavy atom. The molecule has 126 valence electrons. The predicted octanol–water partition coefficient (Wildman–Crippen LogP) is 3.87. The van der Waals surface area contributed by atoms with Gasteiger partial charge in [0.1, 0.15) is 11.9 Å². The van der Waals surface area contributed by atoms with Crippen LogP contribution in [0, 0.1) is 6.92 Å². The van der Waals surface area contributed by atoms with Gasteiger partial charge in [-0.3, -0.25) is 9.79 Å². The molecule has 1 atom stereocenters. The SMILES string of the molecule is Cc1ccc(CC(=O)Nc2ccc3nc(C4CSC=N4)[nH]c3c2)cc1. The smallest absolute Gasteiger partial charge is 0.228 e. The van der Waals surface area contributed by atoms with E-state index in [1.54, 1.807) is 11.8 Å². The van der Waals surface area contributed by atoms with E-state index in [0.717, 1.165) is 33.9 Å². The number of rotatable bonds is 4. The molecule has 0 aliphatic carbocycles. The molecule has 5 nitrogen and oxygen atoms in total. The highest BCUT2D eigenvalue weighted by Gasteiger charge is 2.17. The molecule has 25 heavy (non-hydrogen) atoms. The van der Waals surface area contributed by atoms with E-state index in [9.17, 15) is 4.79 Å². The molecule has 6 heteroatoms. The number of fused-ring (bicyclic) bond motifs is 1. The van der Waals surface area contributed by atoms with Gasteiger partial charge in [-0.2, -0.15) is 0 Å². The first-order valence-corrected chi connectivity index (χ1v) is 9.20. The van der Waals surface area contributed by atoms with Gasteiger partial charge in [0, 0.05) is 11.4 Å². The molecule has 1 aromatic heterocycles. The summed E-state index contributed by atoms with van der Waals surface area (Å²) in [6.45, 7) is 2.04. The van der Waals surface area contributed by atoms with Crippen LogP contribution in [0.4, 0.5) is 5.69 Å². The Morgan fingerprint density at radius 2 is 2.12 bits per heavy atom. The van der Waals surface area contributed by atoms with Crippen molar-refractivity contribution in [2.75, 3.05) is 11.1 Å². The van der Waals surface area contributed by atoms with Crippen molar-refractivity contribution in [3.8, 4) is 0 Å². The first kappa shape index (κ1) is 15.9. The van der Waals surface area contributed by atoms with Gasteiger partial charge >= 0.3 is 0 Å². The normalized spacial score (nSPS) is 16.4. The van der Waals surface area contributed by atoms with Gasteiger partial charge in [-0.05, 0) is 30.7 Å².